The number of fused-ring (bicyclic) bond motifs is 1. The van der Waals surface area contributed by atoms with E-state index in [2.05, 4.69) is 59.5 Å². The Balaban J connectivity index is 1.45. The van der Waals surface area contributed by atoms with E-state index in [0.717, 1.165) is 29.2 Å². The molecule has 0 bridgehead atoms. The zero-order valence-electron chi connectivity index (χ0n) is 16.6. The number of rotatable bonds is 7. The van der Waals surface area contributed by atoms with Crippen molar-refractivity contribution in [1.82, 2.24) is 4.90 Å². The highest BCUT2D eigenvalue weighted by atomic mass is 32.2. The number of hydrogen-bond acceptors (Lipinski definition) is 4. The molecule has 0 fully saturated rings. The average molecular weight is 433 g/mol. The average Bonchev–Trinajstić information content (AvgIpc) is 3.17. The van der Waals surface area contributed by atoms with Crippen molar-refractivity contribution in [3.63, 3.8) is 0 Å². The second-order valence-corrected chi connectivity index (χ2v) is 9.56. The van der Waals surface area contributed by atoms with E-state index in [1.807, 2.05) is 18.2 Å². The lowest BCUT2D eigenvalue weighted by atomic mass is 10.1. The van der Waals surface area contributed by atoms with Crippen LogP contribution in [0.25, 0.3) is 10.1 Å². The maximum Gasteiger partial charge on any atom is 0.162 e. The molecular formula is C25H24N2OS2. The number of hydrogen-bond donors (Lipinski definition) is 2. The van der Waals surface area contributed by atoms with Gasteiger partial charge in [0, 0.05) is 17.8 Å². The number of thioether (sulfide) groups is 1. The standard InChI is InChI=1S/C25H24N2OS2/c26-25(30-24-17-21-10-4-5-11-23(21)29-24)27(18-20-12-14-22(28)15-13-20)16-6-9-19-7-2-1-3-8-19/h1-5,7-8,10-15,17,26,28H,6,9,16,18H2. The van der Waals surface area contributed by atoms with E-state index in [1.54, 1.807) is 23.5 Å². The van der Waals surface area contributed by atoms with Gasteiger partial charge in [-0.15, -0.1) is 11.3 Å². The lowest BCUT2D eigenvalue weighted by Crippen LogP contribution is -2.29. The van der Waals surface area contributed by atoms with Crippen molar-refractivity contribution < 1.29 is 5.11 Å². The predicted octanol–water partition coefficient (Wildman–Crippen LogP) is 6.77. The van der Waals surface area contributed by atoms with Gasteiger partial charge in [0.05, 0.1) is 4.21 Å². The minimum atomic E-state index is 0.268. The monoisotopic (exact) mass is 432 g/mol. The van der Waals surface area contributed by atoms with Crippen LogP contribution in [-0.2, 0) is 13.0 Å². The van der Waals surface area contributed by atoms with Crippen LogP contribution in [0, 0.1) is 5.41 Å². The van der Waals surface area contributed by atoms with E-state index in [-0.39, 0.29) is 5.75 Å². The first-order valence-corrected chi connectivity index (χ1v) is 11.6. The lowest BCUT2D eigenvalue weighted by Gasteiger charge is -2.24. The Morgan fingerprint density at radius 1 is 0.900 bits per heavy atom. The summed E-state index contributed by atoms with van der Waals surface area (Å²) in [5.41, 5.74) is 2.42. The quantitative estimate of drug-likeness (QED) is 0.192. The topological polar surface area (TPSA) is 47.3 Å². The van der Waals surface area contributed by atoms with Gasteiger partial charge >= 0.3 is 0 Å². The maximum atomic E-state index is 9.57. The van der Waals surface area contributed by atoms with Crippen LogP contribution in [0.2, 0.25) is 0 Å². The second kappa shape index (κ2) is 9.83. The van der Waals surface area contributed by atoms with Crippen LogP contribution in [0.5, 0.6) is 5.75 Å². The van der Waals surface area contributed by atoms with Crippen molar-refractivity contribution in [2.24, 2.45) is 0 Å². The highest BCUT2D eigenvalue weighted by Gasteiger charge is 2.14. The summed E-state index contributed by atoms with van der Waals surface area (Å²) in [7, 11) is 0. The molecule has 0 atom stereocenters. The number of aryl methyl sites for hydroxylation is 1. The van der Waals surface area contributed by atoms with Crippen molar-refractivity contribution in [2.45, 2.75) is 23.6 Å². The summed E-state index contributed by atoms with van der Waals surface area (Å²) < 4.78 is 2.39. The summed E-state index contributed by atoms with van der Waals surface area (Å²) in [6.45, 7) is 1.47. The van der Waals surface area contributed by atoms with Gasteiger partial charge < -0.3 is 10.0 Å². The number of amidine groups is 1. The molecule has 0 saturated carbocycles. The van der Waals surface area contributed by atoms with Crippen molar-refractivity contribution in [3.8, 4) is 5.75 Å². The number of benzene rings is 3. The molecule has 0 spiro atoms. The van der Waals surface area contributed by atoms with E-state index < -0.39 is 0 Å². The molecule has 0 unspecified atom stereocenters. The van der Waals surface area contributed by atoms with Crippen molar-refractivity contribution >= 4 is 38.4 Å². The minimum Gasteiger partial charge on any atom is -0.508 e. The summed E-state index contributed by atoms with van der Waals surface area (Å²) in [4.78, 5) is 2.13. The molecule has 0 amide bonds. The Kier molecular flexibility index (Phi) is 6.72. The van der Waals surface area contributed by atoms with E-state index in [4.69, 9.17) is 5.41 Å². The SMILES string of the molecule is N=C(Sc1cc2ccccc2s1)N(CCCc1ccccc1)Cc1ccc(O)cc1. The fraction of sp³-hybridized carbons (Fsp3) is 0.160. The van der Waals surface area contributed by atoms with E-state index >= 15 is 0 Å². The molecule has 5 heteroatoms. The molecule has 2 N–H and O–H groups in total. The molecule has 4 aromatic rings. The van der Waals surface area contributed by atoms with Crippen LogP contribution >= 0.6 is 23.1 Å². The van der Waals surface area contributed by atoms with Crippen molar-refractivity contribution in [1.29, 1.82) is 5.41 Å². The number of nitrogens with zero attached hydrogens (tertiary/aromatic N) is 1. The summed E-state index contributed by atoms with van der Waals surface area (Å²) in [5.74, 6) is 0.268. The van der Waals surface area contributed by atoms with Crippen molar-refractivity contribution in [2.75, 3.05) is 6.54 Å². The molecule has 1 aromatic heterocycles. The van der Waals surface area contributed by atoms with Gasteiger partial charge in [0.15, 0.2) is 5.17 Å². The first kappa shape index (κ1) is 20.5. The number of phenolic OH excluding ortho intramolecular Hbond substituents is 1. The van der Waals surface area contributed by atoms with Crippen LogP contribution in [0.15, 0.2) is 89.1 Å². The number of thiophene rings is 1. The number of aromatic hydroxyl groups is 1. The first-order chi connectivity index (χ1) is 14.7. The van der Waals surface area contributed by atoms with Crippen LogP contribution in [-0.4, -0.2) is 21.7 Å². The van der Waals surface area contributed by atoms with E-state index in [1.165, 1.54) is 27.4 Å². The van der Waals surface area contributed by atoms with Crippen LogP contribution in [0.4, 0.5) is 0 Å². The molecule has 152 valence electrons. The van der Waals surface area contributed by atoms with Gasteiger partial charge in [-0.3, -0.25) is 5.41 Å². The van der Waals surface area contributed by atoms with Gasteiger partial charge in [0.1, 0.15) is 5.75 Å². The molecule has 3 nitrogen and oxygen atoms in total. The Bertz CT molecular complexity index is 1070. The largest absolute Gasteiger partial charge is 0.508 e. The minimum absolute atomic E-state index is 0.268. The van der Waals surface area contributed by atoms with Gasteiger partial charge in [0.2, 0.25) is 0 Å². The summed E-state index contributed by atoms with van der Waals surface area (Å²) in [6, 6.07) is 28.3. The second-order valence-electron chi connectivity index (χ2n) is 7.19. The van der Waals surface area contributed by atoms with Crippen molar-refractivity contribution in [3.05, 3.63) is 96.1 Å². The molecule has 0 aliphatic rings. The van der Waals surface area contributed by atoms with Gasteiger partial charge in [0.25, 0.3) is 0 Å². The third-order valence-electron chi connectivity index (χ3n) is 4.93. The zero-order chi connectivity index (χ0) is 20.8. The van der Waals surface area contributed by atoms with Gasteiger partial charge in [-0.2, -0.15) is 0 Å². The molecule has 0 saturated heterocycles. The lowest BCUT2D eigenvalue weighted by molar-refractivity contribution is 0.409. The van der Waals surface area contributed by atoms with E-state index in [9.17, 15) is 5.11 Å². The molecule has 1 heterocycles. The van der Waals surface area contributed by atoms with Gasteiger partial charge in [-0.1, -0.05) is 60.7 Å². The Morgan fingerprint density at radius 3 is 2.40 bits per heavy atom. The Labute approximate surface area is 185 Å². The number of nitrogens with one attached hydrogen (secondary N) is 1. The normalized spacial score (nSPS) is 10.9. The smallest absolute Gasteiger partial charge is 0.162 e. The summed E-state index contributed by atoms with van der Waals surface area (Å²) in [5, 5.41) is 20.1. The van der Waals surface area contributed by atoms with Gasteiger partial charge in [-0.25, -0.2) is 0 Å². The Hall–Kier alpha value is -2.76. The van der Waals surface area contributed by atoms with Gasteiger partial charge in [-0.05, 0) is 65.4 Å². The fourth-order valence-electron chi connectivity index (χ4n) is 3.36. The molecule has 30 heavy (non-hydrogen) atoms. The van der Waals surface area contributed by atoms with Crippen LogP contribution < -0.4 is 0 Å². The fourth-order valence-corrected chi connectivity index (χ4v) is 5.49. The van der Waals surface area contributed by atoms with Crippen LogP contribution in [0.1, 0.15) is 17.5 Å². The predicted molar refractivity (Wildman–Crippen MR) is 129 cm³/mol. The molecule has 3 aromatic carbocycles. The first-order valence-electron chi connectivity index (χ1n) is 9.99. The summed E-state index contributed by atoms with van der Waals surface area (Å²) >= 11 is 3.26. The highest BCUT2D eigenvalue weighted by molar-refractivity contribution is 8.15. The molecule has 0 radical (unpaired) electrons. The number of phenols is 1. The third kappa shape index (κ3) is 5.43. The zero-order valence-corrected chi connectivity index (χ0v) is 18.3. The molecule has 0 aliphatic heterocycles. The van der Waals surface area contributed by atoms with E-state index in [0.29, 0.717) is 11.7 Å². The molecule has 0 aliphatic carbocycles. The highest BCUT2D eigenvalue weighted by Crippen LogP contribution is 2.34. The summed E-state index contributed by atoms with van der Waals surface area (Å²) in [6.07, 6.45) is 1.98. The van der Waals surface area contributed by atoms with Crippen LogP contribution in [0.3, 0.4) is 0 Å². The third-order valence-corrected chi connectivity index (χ3v) is 7.11. The molecular weight excluding hydrogens is 408 g/mol. The maximum absolute atomic E-state index is 9.57. The molecule has 4 rings (SSSR count). The Morgan fingerprint density at radius 2 is 1.63 bits per heavy atom.